The smallest absolute Gasteiger partial charge is 0.226 e. The van der Waals surface area contributed by atoms with Crippen LogP contribution in [0.1, 0.15) is 31.6 Å². The first-order valence-electron chi connectivity index (χ1n) is 4.70. The summed E-state index contributed by atoms with van der Waals surface area (Å²) in [4.78, 5) is 4.19. The van der Waals surface area contributed by atoms with E-state index in [-0.39, 0.29) is 6.04 Å². The molecule has 0 aliphatic heterocycles. The van der Waals surface area contributed by atoms with Gasteiger partial charge in [0.1, 0.15) is 0 Å². The van der Waals surface area contributed by atoms with Crippen molar-refractivity contribution < 1.29 is 9.26 Å². The fraction of sp³-hybridized carbons (Fsp3) is 0.778. The number of aromatic nitrogens is 2. The average Bonchev–Trinajstić information content (AvgIpc) is 2.52. The van der Waals surface area contributed by atoms with E-state index >= 15 is 0 Å². The predicted octanol–water partition coefficient (Wildman–Crippen LogP) is 0.914. The third-order valence-corrected chi connectivity index (χ3v) is 1.74. The molecule has 1 atom stereocenters. The summed E-state index contributed by atoms with van der Waals surface area (Å²) in [6.07, 6.45) is 0.784. The van der Waals surface area contributed by atoms with Gasteiger partial charge in [0.2, 0.25) is 5.89 Å². The first kappa shape index (κ1) is 11.1. The molecule has 80 valence electrons. The Morgan fingerprint density at radius 3 is 2.79 bits per heavy atom. The summed E-state index contributed by atoms with van der Waals surface area (Å²) in [6.45, 7) is 4.60. The number of rotatable bonds is 5. The van der Waals surface area contributed by atoms with Crippen molar-refractivity contribution in [3.05, 3.63) is 11.7 Å². The summed E-state index contributed by atoms with van der Waals surface area (Å²) >= 11 is 0. The maximum Gasteiger partial charge on any atom is 0.226 e. The summed E-state index contributed by atoms with van der Waals surface area (Å²) in [6, 6.07) is -0.301. The maximum absolute atomic E-state index is 5.74. The van der Waals surface area contributed by atoms with Crippen molar-refractivity contribution in [1.82, 2.24) is 10.1 Å². The highest BCUT2D eigenvalue weighted by Gasteiger charge is 2.14. The van der Waals surface area contributed by atoms with E-state index in [0.717, 1.165) is 6.42 Å². The predicted molar refractivity (Wildman–Crippen MR) is 51.6 cm³/mol. The standard InChI is InChI=1S/C9H17N3O2/c1-6(2)4-8-11-9(12-14-8)7(10)5-13-3/h6-7H,4-5,10H2,1-3H3. The fourth-order valence-electron chi connectivity index (χ4n) is 1.10. The van der Waals surface area contributed by atoms with E-state index in [2.05, 4.69) is 24.0 Å². The number of nitrogens with two attached hydrogens (primary N) is 1. The minimum atomic E-state index is -0.301. The summed E-state index contributed by atoms with van der Waals surface area (Å²) in [7, 11) is 1.59. The Kier molecular flexibility index (Phi) is 4.03. The Labute approximate surface area is 83.6 Å². The zero-order chi connectivity index (χ0) is 10.6. The van der Waals surface area contributed by atoms with Gasteiger partial charge >= 0.3 is 0 Å². The second-order valence-corrected chi connectivity index (χ2v) is 3.71. The van der Waals surface area contributed by atoms with Gasteiger partial charge < -0.3 is 15.0 Å². The van der Waals surface area contributed by atoms with E-state index < -0.39 is 0 Å². The monoisotopic (exact) mass is 199 g/mol. The molecule has 2 N–H and O–H groups in total. The van der Waals surface area contributed by atoms with Gasteiger partial charge in [0.05, 0.1) is 12.6 Å². The molecule has 0 saturated heterocycles. The lowest BCUT2D eigenvalue weighted by Crippen LogP contribution is -2.17. The molecule has 0 aliphatic rings. The number of nitrogens with zero attached hydrogens (tertiary/aromatic N) is 2. The van der Waals surface area contributed by atoms with Gasteiger partial charge in [-0.15, -0.1) is 0 Å². The van der Waals surface area contributed by atoms with Crippen LogP contribution in [0.5, 0.6) is 0 Å². The van der Waals surface area contributed by atoms with Crippen molar-refractivity contribution in [2.24, 2.45) is 11.7 Å². The summed E-state index contributed by atoms with van der Waals surface area (Å²) in [5.41, 5.74) is 5.74. The molecule has 0 amide bonds. The van der Waals surface area contributed by atoms with Gasteiger partial charge in [0.25, 0.3) is 0 Å². The fourth-order valence-corrected chi connectivity index (χ4v) is 1.10. The lowest BCUT2D eigenvalue weighted by molar-refractivity contribution is 0.177. The third kappa shape index (κ3) is 3.08. The maximum atomic E-state index is 5.74. The third-order valence-electron chi connectivity index (χ3n) is 1.74. The first-order chi connectivity index (χ1) is 6.63. The van der Waals surface area contributed by atoms with Crippen LogP contribution in [0.15, 0.2) is 4.52 Å². The van der Waals surface area contributed by atoms with Gasteiger partial charge in [-0.25, -0.2) is 0 Å². The number of ether oxygens (including phenoxy) is 1. The van der Waals surface area contributed by atoms with Crippen LogP contribution < -0.4 is 5.73 Å². The molecule has 5 nitrogen and oxygen atoms in total. The molecule has 0 fully saturated rings. The molecule has 0 saturated carbocycles. The van der Waals surface area contributed by atoms with Gasteiger partial charge in [-0.3, -0.25) is 0 Å². The molecule has 1 heterocycles. The van der Waals surface area contributed by atoms with Gasteiger partial charge in [-0.1, -0.05) is 19.0 Å². The average molecular weight is 199 g/mol. The van der Waals surface area contributed by atoms with Crippen molar-refractivity contribution in [1.29, 1.82) is 0 Å². The Morgan fingerprint density at radius 1 is 1.50 bits per heavy atom. The lowest BCUT2D eigenvalue weighted by atomic mass is 10.1. The lowest BCUT2D eigenvalue weighted by Gasteiger charge is -2.03. The van der Waals surface area contributed by atoms with Crippen molar-refractivity contribution in [2.45, 2.75) is 26.3 Å². The van der Waals surface area contributed by atoms with Crippen LogP contribution in [0.4, 0.5) is 0 Å². The van der Waals surface area contributed by atoms with E-state index in [9.17, 15) is 0 Å². The molecule has 1 aromatic heterocycles. The molecular formula is C9H17N3O2. The minimum Gasteiger partial charge on any atom is -0.383 e. The molecular weight excluding hydrogens is 182 g/mol. The molecule has 0 radical (unpaired) electrons. The zero-order valence-electron chi connectivity index (χ0n) is 8.86. The first-order valence-corrected chi connectivity index (χ1v) is 4.70. The van der Waals surface area contributed by atoms with Crippen LogP contribution in [0.2, 0.25) is 0 Å². The minimum absolute atomic E-state index is 0.301. The van der Waals surface area contributed by atoms with Crippen molar-refractivity contribution in [3.63, 3.8) is 0 Å². The van der Waals surface area contributed by atoms with Crippen LogP contribution in [-0.2, 0) is 11.2 Å². The second-order valence-electron chi connectivity index (χ2n) is 3.71. The van der Waals surface area contributed by atoms with Gasteiger partial charge in [0, 0.05) is 13.5 Å². The number of hydrogen-bond donors (Lipinski definition) is 1. The Balaban J connectivity index is 2.58. The summed E-state index contributed by atoms with van der Waals surface area (Å²) < 4.78 is 9.95. The molecule has 0 spiro atoms. The highest BCUT2D eigenvalue weighted by atomic mass is 16.5. The second kappa shape index (κ2) is 5.07. The summed E-state index contributed by atoms with van der Waals surface area (Å²) in [5.74, 6) is 1.66. The molecule has 0 aromatic carbocycles. The number of methoxy groups -OCH3 is 1. The highest BCUT2D eigenvalue weighted by molar-refractivity contribution is 4.93. The molecule has 5 heteroatoms. The molecule has 0 bridgehead atoms. The van der Waals surface area contributed by atoms with Gasteiger partial charge in [0.15, 0.2) is 5.82 Å². The molecule has 14 heavy (non-hydrogen) atoms. The molecule has 0 aliphatic carbocycles. The Bertz CT molecular complexity index is 273. The van der Waals surface area contributed by atoms with E-state index in [4.69, 9.17) is 15.0 Å². The SMILES string of the molecule is COCC(N)c1noc(CC(C)C)n1. The van der Waals surface area contributed by atoms with Gasteiger partial charge in [-0.2, -0.15) is 4.98 Å². The van der Waals surface area contributed by atoms with Crippen molar-refractivity contribution >= 4 is 0 Å². The molecule has 1 aromatic rings. The number of hydrogen-bond acceptors (Lipinski definition) is 5. The van der Waals surface area contributed by atoms with E-state index in [1.54, 1.807) is 7.11 Å². The van der Waals surface area contributed by atoms with Crippen molar-refractivity contribution in [3.8, 4) is 0 Å². The van der Waals surface area contributed by atoms with Crippen LogP contribution in [0, 0.1) is 5.92 Å². The molecule has 1 unspecified atom stereocenters. The van der Waals surface area contributed by atoms with Crippen LogP contribution >= 0.6 is 0 Å². The highest BCUT2D eigenvalue weighted by Crippen LogP contribution is 2.09. The van der Waals surface area contributed by atoms with E-state index in [1.807, 2.05) is 0 Å². The topological polar surface area (TPSA) is 74.2 Å². The van der Waals surface area contributed by atoms with Gasteiger partial charge in [-0.05, 0) is 5.92 Å². The van der Waals surface area contributed by atoms with Crippen LogP contribution in [0.25, 0.3) is 0 Å². The Hall–Kier alpha value is -0.940. The van der Waals surface area contributed by atoms with Crippen LogP contribution in [-0.4, -0.2) is 23.9 Å². The van der Waals surface area contributed by atoms with E-state index in [0.29, 0.717) is 24.2 Å². The molecule has 1 rings (SSSR count). The summed E-state index contributed by atoms with van der Waals surface area (Å²) in [5, 5.41) is 3.80. The van der Waals surface area contributed by atoms with Crippen LogP contribution in [0.3, 0.4) is 0 Å². The Morgan fingerprint density at radius 2 is 2.21 bits per heavy atom. The quantitative estimate of drug-likeness (QED) is 0.763. The zero-order valence-corrected chi connectivity index (χ0v) is 8.86. The normalized spacial score (nSPS) is 13.5. The van der Waals surface area contributed by atoms with Crippen molar-refractivity contribution in [2.75, 3.05) is 13.7 Å². The van der Waals surface area contributed by atoms with E-state index in [1.165, 1.54) is 0 Å². The largest absolute Gasteiger partial charge is 0.383 e.